The van der Waals surface area contributed by atoms with Gasteiger partial charge in [-0.05, 0) is 17.5 Å². The van der Waals surface area contributed by atoms with Crippen molar-refractivity contribution >= 4 is 11.8 Å². The molecule has 1 atom stereocenters. The SMILES string of the molecule is O=C(NC(c1ccccc1)c1ccccc1)[C@H]1CCC(=O)N(CCN2CCOCC2)C1. The zero-order valence-corrected chi connectivity index (χ0v) is 17.9. The minimum atomic E-state index is -0.200. The second kappa shape index (κ2) is 10.6. The Kier molecular flexibility index (Phi) is 7.33. The first kappa shape index (κ1) is 21.5. The first-order valence-corrected chi connectivity index (χ1v) is 11.2. The Labute approximate surface area is 184 Å². The summed E-state index contributed by atoms with van der Waals surface area (Å²) in [6, 6.07) is 19.9. The summed E-state index contributed by atoms with van der Waals surface area (Å²) in [7, 11) is 0. The molecule has 2 heterocycles. The van der Waals surface area contributed by atoms with Gasteiger partial charge < -0.3 is 15.0 Å². The summed E-state index contributed by atoms with van der Waals surface area (Å²) in [5.74, 6) is -0.0149. The molecule has 2 aliphatic heterocycles. The van der Waals surface area contributed by atoms with E-state index in [2.05, 4.69) is 10.2 Å². The van der Waals surface area contributed by atoms with Crippen LogP contribution in [0.2, 0.25) is 0 Å². The first-order valence-electron chi connectivity index (χ1n) is 11.2. The van der Waals surface area contributed by atoms with Crippen LogP contribution in [0.5, 0.6) is 0 Å². The van der Waals surface area contributed by atoms with Crippen molar-refractivity contribution in [1.29, 1.82) is 0 Å². The molecular weight excluding hydrogens is 390 g/mol. The maximum atomic E-state index is 13.2. The largest absolute Gasteiger partial charge is 0.379 e. The van der Waals surface area contributed by atoms with Gasteiger partial charge in [-0.1, -0.05) is 60.7 Å². The molecule has 0 radical (unpaired) electrons. The van der Waals surface area contributed by atoms with Crippen molar-refractivity contribution in [3.63, 3.8) is 0 Å². The molecule has 6 heteroatoms. The van der Waals surface area contributed by atoms with E-state index in [9.17, 15) is 9.59 Å². The zero-order chi connectivity index (χ0) is 21.5. The summed E-state index contributed by atoms with van der Waals surface area (Å²) in [5, 5.41) is 3.26. The second-order valence-corrected chi connectivity index (χ2v) is 8.29. The van der Waals surface area contributed by atoms with Crippen molar-refractivity contribution in [1.82, 2.24) is 15.1 Å². The molecule has 164 valence electrons. The molecule has 4 rings (SSSR count). The topological polar surface area (TPSA) is 61.9 Å². The molecule has 2 fully saturated rings. The summed E-state index contributed by atoms with van der Waals surface area (Å²) in [4.78, 5) is 29.9. The third-order valence-corrected chi connectivity index (χ3v) is 6.21. The highest BCUT2D eigenvalue weighted by Crippen LogP contribution is 2.24. The van der Waals surface area contributed by atoms with E-state index in [1.807, 2.05) is 65.6 Å². The Morgan fingerprint density at radius 3 is 2.19 bits per heavy atom. The smallest absolute Gasteiger partial charge is 0.225 e. The highest BCUT2D eigenvalue weighted by molar-refractivity contribution is 5.84. The monoisotopic (exact) mass is 421 g/mol. The Morgan fingerprint density at radius 2 is 1.58 bits per heavy atom. The van der Waals surface area contributed by atoms with Crippen LogP contribution in [0, 0.1) is 5.92 Å². The lowest BCUT2D eigenvalue weighted by molar-refractivity contribution is -0.138. The van der Waals surface area contributed by atoms with Gasteiger partial charge in [0.15, 0.2) is 0 Å². The van der Waals surface area contributed by atoms with Crippen LogP contribution in [0.4, 0.5) is 0 Å². The molecule has 1 N–H and O–H groups in total. The van der Waals surface area contributed by atoms with Gasteiger partial charge in [-0.3, -0.25) is 14.5 Å². The van der Waals surface area contributed by atoms with Gasteiger partial charge in [0, 0.05) is 39.1 Å². The lowest BCUT2D eigenvalue weighted by Gasteiger charge is -2.35. The number of amides is 2. The average molecular weight is 422 g/mol. The Bertz CT molecular complexity index is 813. The summed E-state index contributed by atoms with van der Waals surface area (Å²) >= 11 is 0. The fourth-order valence-electron chi connectivity index (χ4n) is 4.34. The number of nitrogens with zero attached hydrogens (tertiary/aromatic N) is 2. The minimum absolute atomic E-state index is 0.0154. The highest BCUT2D eigenvalue weighted by Gasteiger charge is 2.31. The average Bonchev–Trinajstić information content (AvgIpc) is 2.83. The number of rotatable bonds is 7. The maximum absolute atomic E-state index is 13.2. The third kappa shape index (κ3) is 5.71. The van der Waals surface area contributed by atoms with Crippen LogP contribution in [0.3, 0.4) is 0 Å². The minimum Gasteiger partial charge on any atom is -0.379 e. The number of piperidine rings is 1. The van der Waals surface area contributed by atoms with E-state index in [4.69, 9.17) is 4.74 Å². The number of benzene rings is 2. The van der Waals surface area contributed by atoms with Crippen molar-refractivity contribution < 1.29 is 14.3 Å². The molecule has 31 heavy (non-hydrogen) atoms. The van der Waals surface area contributed by atoms with E-state index in [-0.39, 0.29) is 23.8 Å². The summed E-state index contributed by atoms with van der Waals surface area (Å²) in [6.45, 7) is 5.30. The summed E-state index contributed by atoms with van der Waals surface area (Å²) in [6.07, 6.45) is 1.04. The summed E-state index contributed by atoms with van der Waals surface area (Å²) in [5.41, 5.74) is 2.11. The number of ether oxygens (including phenoxy) is 1. The van der Waals surface area contributed by atoms with Gasteiger partial charge in [0.05, 0.1) is 25.2 Å². The molecule has 2 aromatic carbocycles. The number of carbonyl (C=O) groups excluding carboxylic acids is 2. The van der Waals surface area contributed by atoms with Crippen molar-refractivity contribution in [2.24, 2.45) is 5.92 Å². The predicted molar refractivity (Wildman–Crippen MR) is 119 cm³/mol. The van der Waals surface area contributed by atoms with E-state index in [0.29, 0.717) is 25.9 Å². The molecule has 0 bridgehead atoms. The van der Waals surface area contributed by atoms with Crippen molar-refractivity contribution in [2.75, 3.05) is 45.9 Å². The van der Waals surface area contributed by atoms with Gasteiger partial charge in [0.25, 0.3) is 0 Å². The van der Waals surface area contributed by atoms with Gasteiger partial charge >= 0.3 is 0 Å². The van der Waals surface area contributed by atoms with E-state index >= 15 is 0 Å². The maximum Gasteiger partial charge on any atom is 0.225 e. The predicted octanol–water partition coefficient (Wildman–Crippen LogP) is 2.46. The van der Waals surface area contributed by atoms with E-state index < -0.39 is 0 Å². The quantitative estimate of drug-likeness (QED) is 0.746. The Morgan fingerprint density at radius 1 is 0.968 bits per heavy atom. The van der Waals surface area contributed by atoms with Gasteiger partial charge in [-0.25, -0.2) is 0 Å². The van der Waals surface area contributed by atoms with Crippen LogP contribution >= 0.6 is 0 Å². The van der Waals surface area contributed by atoms with Crippen LogP contribution in [0.25, 0.3) is 0 Å². The van der Waals surface area contributed by atoms with Gasteiger partial charge in [0.2, 0.25) is 11.8 Å². The van der Waals surface area contributed by atoms with E-state index in [1.54, 1.807) is 0 Å². The van der Waals surface area contributed by atoms with Gasteiger partial charge in [-0.2, -0.15) is 0 Å². The molecule has 0 aliphatic carbocycles. The molecule has 6 nitrogen and oxygen atoms in total. The molecule has 0 aromatic heterocycles. The zero-order valence-electron chi connectivity index (χ0n) is 17.9. The molecule has 2 saturated heterocycles. The highest BCUT2D eigenvalue weighted by atomic mass is 16.5. The third-order valence-electron chi connectivity index (χ3n) is 6.21. The Balaban J connectivity index is 1.40. The standard InChI is InChI=1S/C25H31N3O3/c29-23-12-11-22(19-28(23)14-13-27-15-17-31-18-16-27)25(30)26-24(20-7-3-1-4-8-20)21-9-5-2-6-10-21/h1-10,22,24H,11-19H2,(H,26,30)/t22-/m0/s1. The molecule has 2 aromatic rings. The van der Waals surface area contributed by atoms with Crippen molar-refractivity contribution in [2.45, 2.75) is 18.9 Å². The second-order valence-electron chi connectivity index (χ2n) is 8.29. The van der Waals surface area contributed by atoms with Crippen molar-refractivity contribution in [3.05, 3.63) is 71.8 Å². The molecule has 0 spiro atoms. The molecule has 2 aliphatic rings. The van der Waals surface area contributed by atoms with Crippen LogP contribution in [-0.2, 0) is 14.3 Å². The van der Waals surface area contributed by atoms with Crippen LogP contribution in [0.1, 0.15) is 30.0 Å². The fourth-order valence-corrected chi connectivity index (χ4v) is 4.34. The van der Waals surface area contributed by atoms with Crippen LogP contribution < -0.4 is 5.32 Å². The molecule has 0 saturated carbocycles. The van der Waals surface area contributed by atoms with Crippen LogP contribution in [0.15, 0.2) is 60.7 Å². The number of hydrogen-bond donors (Lipinski definition) is 1. The molecular formula is C25H31N3O3. The molecule has 2 amide bonds. The van der Waals surface area contributed by atoms with Crippen molar-refractivity contribution in [3.8, 4) is 0 Å². The number of carbonyl (C=O) groups is 2. The molecule has 0 unspecified atom stereocenters. The fraction of sp³-hybridized carbons (Fsp3) is 0.440. The number of hydrogen-bond acceptors (Lipinski definition) is 4. The number of likely N-dealkylation sites (tertiary alicyclic amines) is 1. The first-order chi connectivity index (χ1) is 15.2. The van der Waals surface area contributed by atoms with E-state index in [0.717, 1.165) is 44.0 Å². The Hall–Kier alpha value is -2.70. The lowest BCUT2D eigenvalue weighted by atomic mass is 9.94. The van der Waals surface area contributed by atoms with E-state index in [1.165, 1.54) is 0 Å². The summed E-state index contributed by atoms with van der Waals surface area (Å²) < 4.78 is 5.40. The van der Waals surface area contributed by atoms with Crippen LogP contribution in [-0.4, -0.2) is 67.6 Å². The lowest BCUT2D eigenvalue weighted by Crippen LogP contribution is -2.49. The number of morpholine rings is 1. The van der Waals surface area contributed by atoms with Gasteiger partial charge in [-0.15, -0.1) is 0 Å². The number of nitrogens with one attached hydrogen (secondary N) is 1. The normalized spacial score (nSPS) is 20.1. The van der Waals surface area contributed by atoms with Gasteiger partial charge in [0.1, 0.15) is 0 Å².